The van der Waals surface area contributed by atoms with Crippen molar-refractivity contribution in [3.05, 3.63) is 70.8 Å². The quantitative estimate of drug-likeness (QED) is 0.725. The van der Waals surface area contributed by atoms with Crippen molar-refractivity contribution < 1.29 is 0 Å². The van der Waals surface area contributed by atoms with E-state index in [4.69, 9.17) is 4.98 Å². The Balaban J connectivity index is 1.65. The van der Waals surface area contributed by atoms with Crippen LogP contribution in [-0.4, -0.2) is 27.6 Å². The number of anilines is 1. The lowest BCUT2D eigenvalue weighted by Crippen LogP contribution is -2.29. The molecule has 132 valence electrons. The average Bonchev–Trinajstić information content (AvgIpc) is 2.71. The van der Waals surface area contributed by atoms with E-state index in [1.165, 1.54) is 11.1 Å². The highest BCUT2D eigenvalue weighted by Crippen LogP contribution is 2.25. The van der Waals surface area contributed by atoms with Gasteiger partial charge in [-0.05, 0) is 42.2 Å². The van der Waals surface area contributed by atoms with Gasteiger partial charge in [0.15, 0.2) is 5.43 Å². The predicted molar refractivity (Wildman–Crippen MR) is 105 cm³/mol. The molecule has 0 unspecified atom stereocenters. The molecular formula is C21H22N4O. The molecule has 0 bridgehead atoms. The highest BCUT2D eigenvalue weighted by Gasteiger charge is 2.16. The number of aryl methyl sites for hydroxylation is 1. The van der Waals surface area contributed by atoms with E-state index < -0.39 is 0 Å². The fourth-order valence-corrected chi connectivity index (χ4v) is 3.46. The van der Waals surface area contributed by atoms with Crippen molar-refractivity contribution in [1.82, 2.24) is 14.5 Å². The number of hydrogen-bond donors (Lipinski definition) is 0. The van der Waals surface area contributed by atoms with Gasteiger partial charge in [0.25, 0.3) is 0 Å². The number of aromatic nitrogens is 3. The molecular weight excluding hydrogens is 324 g/mol. The molecule has 0 spiro atoms. The Morgan fingerprint density at radius 3 is 2.85 bits per heavy atom. The van der Waals surface area contributed by atoms with Gasteiger partial charge in [0, 0.05) is 44.3 Å². The van der Waals surface area contributed by atoms with Crippen LogP contribution in [0.15, 0.2) is 59.8 Å². The molecule has 0 fully saturated rings. The Bertz CT molecular complexity index is 1010. The minimum atomic E-state index is 0.0313. The smallest absolute Gasteiger partial charge is 0.191 e. The number of pyridine rings is 3. The molecule has 0 N–H and O–H groups in total. The Hall–Kier alpha value is -2.95. The maximum Gasteiger partial charge on any atom is 0.191 e. The third kappa shape index (κ3) is 3.12. The molecule has 0 saturated heterocycles. The zero-order valence-corrected chi connectivity index (χ0v) is 14.9. The van der Waals surface area contributed by atoms with E-state index in [9.17, 15) is 4.79 Å². The average molecular weight is 346 g/mol. The van der Waals surface area contributed by atoms with E-state index in [1.54, 1.807) is 12.3 Å². The molecule has 5 heteroatoms. The molecule has 0 amide bonds. The van der Waals surface area contributed by atoms with Crippen LogP contribution in [0.3, 0.4) is 0 Å². The maximum absolute atomic E-state index is 12.1. The van der Waals surface area contributed by atoms with Gasteiger partial charge >= 0.3 is 0 Å². The van der Waals surface area contributed by atoms with Gasteiger partial charge in [-0.3, -0.25) is 9.78 Å². The van der Waals surface area contributed by atoms with E-state index in [0.29, 0.717) is 5.39 Å². The lowest BCUT2D eigenvalue weighted by molar-refractivity contribution is 0.690. The van der Waals surface area contributed by atoms with Gasteiger partial charge in [0.1, 0.15) is 11.5 Å². The molecule has 3 aromatic rings. The zero-order valence-electron chi connectivity index (χ0n) is 14.9. The summed E-state index contributed by atoms with van der Waals surface area (Å²) in [4.78, 5) is 23.4. The first-order valence-corrected chi connectivity index (χ1v) is 9.11. The second kappa shape index (κ2) is 7.12. The monoisotopic (exact) mass is 346 g/mol. The van der Waals surface area contributed by atoms with Crippen molar-refractivity contribution in [3.63, 3.8) is 0 Å². The first-order chi connectivity index (χ1) is 12.8. The number of hydrogen-bond acceptors (Lipinski definition) is 4. The van der Waals surface area contributed by atoms with Crippen molar-refractivity contribution in [2.75, 3.05) is 18.0 Å². The summed E-state index contributed by atoms with van der Waals surface area (Å²) in [5.41, 5.74) is 3.33. The highest BCUT2D eigenvalue weighted by molar-refractivity contribution is 5.77. The molecule has 5 nitrogen and oxygen atoms in total. The topological polar surface area (TPSA) is 51.0 Å². The molecule has 1 aliphatic rings. The highest BCUT2D eigenvalue weighted by atomic mass is 16.1. The summed E-state index contributed by atoms with van der Waals surface area (Å²) in [5.74, 6) is 0.925. The van der Waals surface area contributed by atoms with Gasteiger partial charge in [-0.1, -0.05) is 19.1 Å². The summed E-state index contributed by atoms with van der Waals surface area (Å²) >= 11 is 0. The van der Waals surface area contributed by atoms with Crippen molar-refractivity contribution in [2.45, 2.75) is 26.3 Å². The minimum absolute atomic E-state index is 0.0313. The summed E-state index contributed by atoms with van der Waals surface area (Å²) in [6.45, 7) is 4.71. The van der Waals surface area contributed by atoms with Gasteiger partial charge in [0.05, 0.1) is 5.39 Å². The fraction of sp³-hybridized carbons (Fsp3) is 0.286. The van der Waals surface area contributed by atoms with Crippen LogP contribution in [0.2, 0.25) is 0 Å². The molecule has 1 aliphatic heterocycles. The van der Waals surface area contributed by atoms with Gasteiger partial charge in [-0.25, -0.2) is 4.98 Å². The molecule has 0 aromatic carbocycles. The molecule has 4 rings (SSSR count). The molecule has 0 aliphatic carbocycles. The Morgan fingerprint density at radius 1 is 1.19 bits per heavy atom. The number of fused-ring (bicyclic) bond motifs is 1. The zero-order chi connectivity index (χ0) is 17.9. The fourth-order valence-electron chi connectivity index (χ4n) is 3.46. The van der Waals surface area contributed by atoms with Gasteiger partial charge < -0.3 is 9.47 Å². The predicted octanol–water partition coefficient (Wildman–Crippen LogP) is 3.50. The maximum atomic E-state index is 12.1. The standard InChI is InChI=1S/C21H22N4O/c1-2-11-25-14-9-19(26)18-5-6-20(23-21(18)25)24-12-7-16(8-13-24)17-4-3-10-22-15-17/h3-7,9-10,14-15H,2,8,11-13H2,1H3. The summed E-state index contributed by atoms with van der Waals surface area (Å²) in [7, 11) is 0. The lowest BCUT2D eigenvalue weighted by Gasteiger charge is -2.28. The molecule has 0 saturated carbocycles. The van der Waals surface area contributed by atoms with Crippen molar-refractivity contribution in [3.8, 4) is 0 Å². The summed E-state index contributed by atoms with van der Waals surface area (Å²) in [6.07, 6.45) is 9.78. The van der Waals surface area contributed by atoms with Crippen LogP contribution in [0.5, 0.6) is 0 Å². The molecule has 3 aromatic heterocycles. The SMILES string of the molecule is CCCn1ccc(=O)c2ccc(N3CC=C(c4cccnc4)CC3)nc21. The second-order valence-electron chi connectivity index (χ2n) is 6.58. The third-order valence-corrected chi connectivity index (χ3v) is 4.83. The normalized spacial score (nSPS) is 14.5. The second-order valence-corrected chi connectivity index (χ2v) is 6.58. The summed E-state index contributed by atoms with van der Waals surface area (Å²) < 4.78 is 2.07. The van der Waals surface area contributed by atoms with E-state index in [-0.39, 0.29) is 5.43 Å². The summed E-state index contributed by atoms with van der Waals surface area (Å²) in [6, 6.07) is 9.57. The Kier molecular flexibility index (Phi) is 4.52. The van der Waals surface area contributed by atoms with Crippen molar-refractivity contribution in [1.29, 1.82) is 0 Å². The largest absolute Gasteiger partial charge is 0.352 e. The van der Waals surface area contributed by atoms with Crippen LogP contribution in [0.25, 0.3) is 16.6 Å². The first kappa shape index (κ1) is 16.5. The van der Waals surface area contributed by atoms with Crippen LogP contribution < -0.4 is 10.3 Å². The minimum Gasteiger partial charge on any atom is -0.352 e. The van der Waals surface area contributed by atoms with Gasteiger partial charge in [-0.2, -0.15) is 0 Å². The molecule has 26 heavy (non-hydrogen) atoms. The van der Waals surface area contributed by atoms with Gasteiger partial charge in [0.2, 0.25) is 0 Å². The molecule has 0 atom stereocenters. The van der Waals surface area contributed by atoms with E-state index in [2.05, 4.69) is 33.5 Å². The van der Waals surface area contributed by atoms with Crippen LogP contribution in [0, 0.1) is 0 Å². The molecule has 0 radical (unpaired) electrons. The van der Waals surface area contributed by atoms with Crippen LogP contribution in [-0.2, 0) is 6.54 Å². The Labute approximate surface area is 152 Å². The first-order valence-electron chi connectivity index (χ1n) is 9.11. The van der Waals surface area contributed by atoms with Crippen LogP contribution in [0.1, 0.15) is 25.3 Å². The van der Waals surface area contributed by atoms with Crippen LogP contribution >= 0.6 is 0 Å². The van der Waals surface area contributed by atoms with E-state index in [1.807, 2.05) is 30.6 Å². The molecule has 4 heterocycles. The third-order valence-electron chi connectivity index (χ3n) is 4.83. The Morgan fingerprint density at radius 2 is 2.12 bits per heavy atom. The van der Waals surface area contributed by atoms with Crippen LogP contribution in [0.4, 0.5) is 5.82 Å². The van der Waals surface area contributed by atoms with Gasteiger partial charge in [-0.15, -0.1) is 0 Å². The van der Waals surface area contributed by atoms with Crippen molar-refractivity contribution in [2.24, 2.45) is 0 Å². The number of rotatable bonds is 4. The lowest BCUT2D eigenvalue weighted by atomic mass is 10.0. The van der Waals surface area contributed by atoms with E-state index in [0.717, 1.165) is 43.9 Å². The van der Waals surface area contributed by atoms with E-state index >= 15 is 0 Å². The number of nitrogens with zero attached hydrogens (tertiary/aromatic N) is 4. The van der Waals surface area contributed by atoms with Crippen molar-refractivity contribution >= 4 is 22.4 Å². The summed E-state index contributed by atoms with van der Waals surface area (Å²) in [5, 5.41) is 0.688.